The molecule has 176 valence electrons. The van der Waals surface area contributed by atoms with E-state index >= 15 is 0 Å². The van der Waals surface area contributed by atoms with Gasteiger partial charge in [-0.25, -0.2) is 0 Å². The molecule has 3 rings (SSSR count). The van der Waals surface area contributed by atoms with Crippen molar-refractivity contribution in [2.45, 2.75) is 102 Å². The highest BCUT2D eigenvalue weighted by atomic mass is 32.2. The fourth-order valence-corrected chi connectivity index (χ4v) is 5.60. The number of hydrogen-bond donors (Lipinski definition) is 0. The summed E-state index contributed by atoms with van der Waals surface area (Å²) in [5.41, 5.74) is 5.29. The molecule has 1 aliphatic carbocycles. The molecule has 0 N–H and O–H groups in total. The Bertz CT molecular complexity index is 990. The third-order valence-electron chi connectivity index (χ3n) is 6.68. The zero-order valence-electron chi connectivity index (χ0n) is 20.9. The van der Waals surface area contributed by atoms with Gasteiger partial charge in [-0.1, -0.05) is 83.9 Å². The summed E-state index contributed by atoms with van der Waals surface area (Å²) in [5, 5.41) is 0. The van der Waals surface area contributed by atoms with E-state index in [1.807, 2.05) is 19.1 Å². The third kappa shape index (κ3) is 6.23. The Kier molecular flexibility index (Phi) is 7.26. The number of rotatable bonds is 6. The minimum absolute atomic E-state index is 0.0944. The lowest BCUT2D eigenvalue weighted by atomic mass is 9.79. The van der Waals surface area contributed by atoms with Gasteiger partial charge in [0.25, 0.3) is 10.1 Å². The Morgan fingerprint density at radius 3 is 1.97 bits per heavy atom. The van der Waals surface area contributed by atoms with E-state index in [4.69, 9.17) is 4.18 Å². The second-order valence-electron chi connectivity index (χ2n) is 11.6. The van der Waals surface area contributed by atoms with Gasteiger partial charge in [0.15, 0.2) is 0 Å². The van der Waals surface area contributed by atoms with Crippen molar-refractivity contribution in [3.63, 3.8) is 0 Å². The van der Waals surface area contributed by atoms with Crippen molar-refractivity contribution < 1.29 is 12.6 Å². The second kappa shape index (κ2) is 9.30. The third-order valence-corrected chi connectivity index (χ3v) is 8.03. The molecule has 0 spiro atoms. The molecular weight excluding hydrogens is 416 g/mol. The standard InChI is InChI=1S/C28H40O3S/c1-20-11-15-25(16-12-20)32(29,30)31-26-10-8-9-22(26)14-13-21-17-23(27(2,3)4)19-24(18-21)28(5,6)7/h11-12,15-19,22,26H,8-10,13-14H2,1-7H3/t22-,26-/m1/s1. The lowest BCUT2D eigenvalue weighted by Gasteiger charge is -2.27. The molecule has 2 aromatic carbocycles. The molecule has 1 saturated carbocycles. The van der Waals surface area contributed by atoms with E-state index in [1.165, 1.54) is 16.7 Å². The summed E-state index contributed by atoms with van der Waals surface area (Å²) in [6, 6.07) is 13.9. The first-order chi connectivity index (χ1) is 14.8. The van der Waals surface area contributed by atoms with Crippen LogP contribution in [-0.4, -0.2) is 14.5 Å². The predicted octanol–water partition coefficient (Wildman–Crippen LogP) is 7.10. The molecule has 0 aromatic heterocycles. The number of benzene rings is 2. The summed E-state index contributed by atoms with van der Waals surface area (Å²) < 4.78 is 31.4. The lowest BCUT2D eigenvalue weighted by molar-refractivity contribution is 0.161. The molecule has 0 amide bonds. The van der Waals surface area contributed by atoms with Crippen LogP contribution in [0.1, 0.15) is 89.5 Å². The van der Waals surface area contributed by atoms with Crippen LogP contribution in [0.3, 0.4) is 0 Å². The van der Waals surface area contributed by atoms with Gasteiger partial charge in [0.2, 0.25) is 0 Å². The quantitative estimate of drug-likeness (QED) is 0.436. The average molecular weight is 457 g/mol. The maximum Gasteiger partial charge on any atom is 0.297 e. The molecule has 0 unspecified atom stereocenters. The molecule has 0 bridgehead atoms. The van der Waals surface area contributed by atoms with E-state index in [-0.39, 0.29) is 27.7 Å². The van der Waals surface area contributed by atoms with Crippen molar-refractivity contribution in [1.82, 2.24) is 0 Å². The van der Waals surface area contributed by atoms with E-state index in [0.717, 1.165) is 37.7 Å². The Hall–Kier alpha value is -1.65. The first kappa shape index (κ1) is 25.0. The fraction of sp³-hybridized carbons (Fsp3) is 0.571. The highest BCUT2D eigenvalue weighted by Crippen LogP contribution is 2.35. The van der Waals surface area contributed by atoms with E-state index in [0.29, 0.717) is 0 Å². The first-order valence-corrected chi connectivity index (χ1v) is 13.3. The largest absolute Gasteiger partial charge is 0.297 e. The van der Waals surface area contributed by atoms with Crippen molar-refractivity contribution in [2.75, 3.05) is 0 Å². The maximum absolute atomic E-state index is 12.8. The summed E-state index contributed by atoms with van der Waals surface area (Å²) in [4.78, 5) is 0.251. The average Bonchev–Trinajstić information content (AvgIpc) is 3.11. The minimum Gasteiger partial charge on any atom is -0.263 e. The minimum atomic E-state index is -3.73. The van der Waals surface area contributed by atoms with Crippen LogP contribution in [0.5, 0.6) is 0 Å². The zero-order chi connectivity index (χ0) is 23.7. The molecule has 4 heteroatoms. The van der Waals surface area contributed by atoms with Crippen LogP contribution < -0.4 is 0 Å². The van der Waals surface area contributed by atoms with Crippen LogP contribution in [0.25, 0.3) is 0 Å². The van der Waals surface area contributed by atoms with Gasteiger partial charge in [0.05, 0.1) is 11.0 Å². The topological polar surface area (TPSA) is 43.4 Å². The molecule has 0 saturated heterocycles. The van der Waals surface area contributed by atoms with Crippen LogP contribution >= 0.6 is 0 Å². The van der Waals surface area contributed by atoms with Gasteiger partial charge >= 0.3 is 0 Å². The molecule has 2 atom stereocenters. The summed E-state index contributed by atoms with van der Waals surface area (Å²) in [6.45, 7) is 15.5. The van der Waals surface area contributed by atoms with Gasteiger partial charge in [0, 0.05) is 0 Å². The van der Waals surface area contributed by atoms with Crippen LogP contribution in [0.2, 0.25) is 0 Å². The zero-order valence-corrected chi connectivity index (χ0v) is 21.7. The molecule has 1 aliphatic rings. The Labute approximate surface area is 195 Å². The van der Waals surface area contributed by atoms with Gasteiger partial charge in [-0.05, 0) is 78.2 Å². The van der Waals surface area contributed by atoms with Gasteiger partial charge in [-0.2, -0.15) is 8.42 Å². The highest BCUT2D eigenvalue weighted by molar-refractivity contribution is 7.86. The summed E-state index contributed by atoms with van der Waals surface area (Å²) in [5.74, 6) is 0.270. The Morgan fingerprint density at radius 1 is 0.875 bits per heavy atom. The van der Waals surface area contributed by atoms with Gasteiger partial charge in [-0.15, -0.1) is 0 Å². The van der Waals surface area contributed by atoms with Crippen molar-refractivity contribution >= 4 is 10.1 Å². The lowest BCUT2D eigenvalue weighted by Crippen LogP contribution is -2.23. The number of aryl methyl sites for hydroxylation is 2. The number of hydrogen-bond acceptors (Lipinski definition) is 3. The monoisotopic (exact) mass is 456 g/mol. The molecule has 2 aromatic rings. The van der Waals surface area contributed by atoms with E-state index in [1.54, 1.807) is 12.1 Å². The second-order valence-corrected chi connectivity index (χ2v) is 13.1. The molecule has 0 aliphatic heterocycles. The van der Waals surface area contributed by atoms with Crippen molar-refractivity contribution in [1.29, 1.82) is 0 Å². The van der Waals surface area contributed by atoms with Crippen LogP contribution in [-0.2, 0) is 31.6 Å². The smallest absolute Gasteiger partial charge is 0.263 e. The van der Waals surface area contributed by atoms with Crippen LogP contribution in [0, 0.1) is 12.8 Å². The molecular formula is C28H40O3S. The summed E-state index contributed by atoms with van der Waals surface area (Å²) >= 11 is 0. The SMILES string of the molecule is Cc1ccc(S(=O)(=O)O[C@@H]2CCC[C@@H]2CCc2cc(C(C)(C)C)cc(C(C)(C)C)c2)cc1. The van der Waals surface area contributed by atoms with Crippen LogP contribution in [0.4, 0.5) is 0 Å². The normalized spacial score (nSPS) is 20.0. The molecule has 0 radical (unpaired) electrons. The fourth-order valence-electron chi connectivity index (χ4n) is 4.44. The van der Waals surface area contributed by atoms with Crippen molar-refractivity contribution in [2.24, 2.45) is 5.92 Å². The molecule has 32 heavy (non-hydrogen) atoms. The van der Waals surface area contributed by atoms with Crippen molar-refractivity contribution in [3.8, 4) is 0 Å². The van der Waals surface area contributed by atoms with E-state index in [2.05, 4.69) is 59.7 Å². The van der Waals surface area contributed by atoms with Gasteiger partial charge in [-0.3, -0.25) is 4.18 Å². The van der Waals surface area contributed by atoms with Crippen molar-refractivity contribution in [3.05, 3.63) is 64.7 Å². The Balaban J connectivity index is 1.74. The van der Waals surface area contributed by atoms with Gasteiger partial charge < -0.3 is 0 Å². The molecule has 0 heterocycles. The Morgan fingerprint density at radius 2 is 1.44 bits per heavy atom. The highest BCUT2D eigenvalue weighted by Gasteiger charge is 2.33. The maximum atomic E-state index is 12.8. The summed E-state index contributed by atoms with van der Waals surface area (Å²) in [6.07, 6.45) is 4.53. The first-order valence-electron chi connectivity index (χ1n) is 11.9. The molecule has 3 nitrogen and oxygen atoms in total. The predicted molar refractivity (Wildman–Crippen MR) is 133 cm³/mol. The summed E-state index contributed by atoms with van der Waals surface area (Å²) in [7, 11) is -3.73. The van der Waals surface area contributed by atoms with Gasteiger partial charge in [0.1, 0.15) is 0 Å². The van der Waals surface area contributed by atoms with E-state index in [9.17, 15) is 8.42 Å². The van der Waals surface area contributed by atoms with E-state index < -0.39 is 10.1 Å². The van der Waals surface area contributed by atoms with Crippen LogP contribution in [0.15, 0.2) is 47.4 Å². The molecule has 1 fully saturated rings.